The van der Waals surface area contributed by atoms with E-state index in [1.807, 2.05) is 54.6 Å². The number of aromatic nitrogens is 1. The number of anilines is 2. The van der Waals surface area contributed by atoms with E-state index in [-0.39, 0.29) is 0 Å². The first-order valence-corrected chi connectivity index (χ1v) is 13.1. The van der Waals surface area contributed by atoms with E-state index in [9.17, 15) is 4.79 Å². The van der Waals surface area contributed by atoms with Crippen LogP contribution in [-0.4, -0.2) is 12.1 Å². The van der Waals surface area contributed by atoms with Gasteiger partial charge in [-0.3, -0.25) is 0 Å². The number of ether oxygens (including phenoxy) is 2. The number of halogens is 2. The van der Waals surface area contributed by atoms with Crippen molar-refractivity contribution in [1.29, 1.82) is 0 Å². The van der Waals surface area contributed by atoms with Gasteiger partial charge in [-0.05, 0) is 41.8 Å². The van der Waals surface area contributed by atoms with E-state index in [0.717, 1.165) is 16.2 Å². The summed E-state index contributed by atoms with van der Waals surface area (Å²) in [5.41, 5.74) is 1.50. The third-order valence-electron chi connectivity index (χ3n) is 5.95. The standard InChI is InChI=1S/C29H18Cl2N2O4S/c1-35-25-8-4-6-17-13-20(28(34)37-27(17)25)22-15-38-29(33-22)32-18-10-12-23(21(30)14-18)36-24-11-9-16-5-2-3-7-19(16)26(24)31/h2-15H,1H3,(H,32,33). The normalized spacial score (nSPS) is 11.1. The second-order valence-electron chi connectivity index (χ2n) is 8.34. The fourth-order valence-electron chi connectivity index (χ4n) is 4.11. The molecule has 2 aromatic heterocycles. The van der Waals surface area contributed by atoms with Gasteiger partial charge >= 0.3 is 5.63 Å². The van der Waals surface area contributed by atoms with E-state index in [2.05, 4.69) is 10.3 Å². The van der Waals surface area contributed by atoms with Gasteiger partial charge in [-0.25, -0.2) is 9.78 Å². The lowest BCUT2D eigenvalue weighted by atomic mass is 10.1. The molecule has 0 aliphatic carbocycles. The minimum Gasteiger partial charge on any atom is -0.493 e. The molecule has 38 heavy (non-hydrogen) atoms. The number of hydrogen-bond donors (Lipinski definition) is 1. The van der Waals surface area contributed by atoms with Crippen molar-refractivity contribution in [2.24, 2.45) is 0 Å². The van der Waals surface area contributed by atoms with Gasteiger partial charge in [0.1, 0.15) is 11.5 Å². The summed E-state index contributed by atoms with van der Waals surface area (Å²) in [5.74, 6) is 1.49. The molecule has 6 rings (SSSR count). The van der Waals surface area contributed by atoms with Crippen LogP contribution in [0.4, 0.5) is 10.8 Å². The van der Waals surface area contributed by atoms with Gasteiger partial charge in [0.25, 0.3) is 0 Å². The lowest BCUT2D eigenvalue weighted by molar-refractivity contribution is 0.407. The van der Waals surface area contributed by atoms with Crippen molar-refractivity contribution >= 4 is 67.1 Å². The Morgan fingerprint density at radius 1 is 0.895 bits per heavy atom. The Bertz CT molecular complexity index is 1880. The van der Waals surface area contributed by atoms with Crippen LogP contribution in [0.2, 0.25) is 10.0 Å². The third kappa shape index (κ3) is 4.56. The minimum absolute atomic E-state index is 0.365. The van der Waals surface area contributed by atoms with Crippen LogP contribution in [-0.2, 0) is 0 Å². The predicted octanol–water partition coefficient (Wildman–Crippen LogP) is 8.92. The summed E-state index contributed by atoms with van der Waals surface area (Å²) >= 11 is 14.5. The highest BCUT2D eigenvalue weighted by atomic mass is 35.5. The number of nitrogens with zero attached hydrogens (tertiary/aromatic N) is 1. The van der Waals surface area contributed by atoms with Crippen molar-refractivity contribution in [3.05, 3.63) is 105 Å². The highest BCUT2D eigenvalue weighted by Crippen LogP contribution is 2.39. The Morgan fingerprint density at radius 2 is 1.71 bits per heavy atom. The van der Waals surface area contributed by atoms with Gasteiger partial charge in [-0.2, -0.15) is 0 Å². The molecule has 0 saturated heterocycles. The van der Waals surface area contributed by atoms with Crippen LogP contribution in [0.1, 0.15) is 0 Å². The summed E-state index contributed by atoms with van der Waals surface area (Å²) in [6.07, 6.45) is 0. The topological polar surface area (TPSA) is 73.6 Å². The monoisotopic (exact) mass is 560 g/mol. The highest BCUT2D eigenvalue weighted by molar-refractivity contribution is 7.14. The smallest absolute Gasteiger partial charge is 0.345 e. The molecule has 0 saturated carbocycles. The van der Waals surface area contributed by atoms with Crippen LogP contribution in [0.25, 0.3) is 33.0 Å². The molecule has 6 aromatic rings. The molecule has 0 amide bonds. The molecule has 0 aliphatic rings. The second kappa shape index (κ2) is 10.0. The van der Waals surface area contributed by atoms with Crippen LogP contribution >= 0.6 is 34.5 Å². The van der Waals surface area contributed by atoms with Crippen LogP contribution in [0, 0.1) is 0 Å². The second-order valence-corrected chi connectivity index (χ2v) is 9.98. The van der Waals surface area contributed by atoms with Crippen molar-refractivity contribution in [3.63, 3.8) is 0 Å². The summed E-state index contributed by atoms with van der Waals surface area (Å²) in [6.45, 7) is 0. The van der Waals surface area contributed by atoms with Gasteiger partial charge in [-0.15, -0.1) is 11.3 Å². The molecule has 0 spiro atoms. The van der Waals surface area contributed by atoms with Crippen molar-refractivity contribution in [3.8, 4) is 28.5 Å². The molecule has 0 unspecified atom stereocenters. The molecule has 0 bridgehead atoms. The molecule has 9 heteroatoms. The molecule has 0 radical (unpaired) electrons. The Balaban J connectivity index is 1.23. The van der Waals surface area contributed by atoms with E-state index < -0.39 is 5.63 Å². The fraction of sp³-hybridized carbons (Fsp3) is 0.0345. The lowest BCUT2D eigenvalue weighted by Gasteiger charge is -2.12. The van der Waals surface area contributed by atoms with E-state index >= 15 is 0 Å². The van der Waals surface area contributed by atoms with Gasteiger partial charge in [0.2, 0.25) is 0 Å². The van der Waals surface area contributed by atoms with E-state index in [1.54, 1.807) is 29.6 Å². The van der Waals surface area contributed by atoms with Gasteiger partial charge in [0.05, 0.1) is 28.4 Å². The average Bonchev–Trinajstić information content (AvgIpc) is 3.39. The first-order valence-electron chi connectivity index (χ1n) is 11.5. The third-order valence-corrected chi connectivity index (χ3v) is 7.40. The molecule has 4 aromatic carbocycles. The number of fused-ring (bicyclic) bond motifs is 2. The quantitative estimate of drug-likeness (QED) is 0.205. The van der Waals surface area contributed by atoms with Crippen LogP contribution in [0.3, 0.4) is 0 Å². The summed E-state index contributed by atoms with van der Waals surface area (Å²) < 4.78 is 16.8. The van der Waals surface area contributed by atoms with Crippen molar-refractivity contribution in [2.75, 3.05) is 12.4 Å². The summed E-state index contributed by atoms with van der Waals surface area (Å²) in [6, 6.07) is 24.1. The van der Waals surface area contributed by atoms with Gasteiger partial charge in [-0.1, -0.05) is 65.7 Å². The van der Waals surface area contributed by atoms with E-state index in [0.29, 0.717) is 55.0 Å². The number of para-hydroxylation sites is 1. The zero-order valence-electron chi connectivity index (χ0n) is 19.8. The Hall–Kier alpha value is -4.04. The first kappa shape index (κ1) is 24.3. The number of thiazole rings is 1. The van der Waals surface area contributed by atoms with Gasteiger partial charge < -0.3 is 19.2 Å². The SMILES string of the molecule is COc1cccc2cc(-c3csc(Nc4ccc(Oc5ccc6ccccc6c5Cl)c(Cl)c4)n3)c(=O)oc12. The maximum atomic E-state index is 12.7. The number of nitrogens with one attached hydrogen (secondary N) is 1. The number of methoxy groups -OCH3 is 1. The molecule has 6 nitrogen and oxygen atoms in total. The molecule has 0 atom stereocenters. The lowest BCUT2D eigenvalue weighted by Crippen LogP contribution is -2.03. The first-order chi connectivity index (χ1) is 18.5. The van der Waals surface area contributed by atoms with Gasteiger partial charge in [0.15, 0.2) is 16.5 Å². The largest absolute Gasteiger partial charge is 0.493 e. The molecular weight excluding hydrogens is 543 g/mol. The van der Waals surface area contributed by atoms with Crippen molar-refractivity contribution < 1.29 is 13.9 Å². The molecule has 1 N–H and O–H groups in total. The summed E-state index contributed by atoms with van der Waals surface area (Å²) in [7, 11) is 1.53. The molecule has 188 valence electrons. The highest BCUT2D eigenvalue weighted by Gasteiger charge is 2.15. The average molecular weight is 561 g/mol. The van der Waals surface area contributed by atoms with Crippen LogP contribution < -0.4 is 20.4 Å². The zero-order chi connectivity index (χ0) is 26.2. The molecule has 2 heterocycles. The Morgan fingerprint density at radius 3 is 2.55 bits per heavy atom. The summed E-state index contributed by atoms with van der Waals surface area (Å²) in [5, 5.41) is 9.21. The number of hydrogen-bond acceptors (Lipinski definition) is 7. The Kier molecular flexibility index (Phi) is 6.41. The predicted molar refractivity (Wildman–Crippen MR) is 154 cm³/mol. The maximum absolute atomic E-state index is 12.7. The van der Waals surface area contributed by atoms with E-state index in [4.69, 9.17) is 37.1 Å². The minimum atomic E-state index is -0.490. The summed E-state index contributed by atoms with van der Waals surface area (Å²) in [4.78, 5) is 17.2. The zero-order valence-corrected chi connectivity index (χ0v) is 22.2. The van der Waals surface area contributed by atoms with Crippen molar-refractivity contribution in [1.82, 2.24) is 4.98 Å². The van der Waals surface area contributed by atoms with Crippen molar-refractivity contribution in [2.45, 2.75) is 0 Å². The molecule has 0 fully saturated rings. The maximum Gasteiger partial charge on any atom is 0.345 e. The van der Waals surface area contributed by atoms with Crippen LogP contribution in [0.5, 0.6) is 17.2 Å². The van der Waals surface area contributed by atoms with Crippen LogP contribution in [0.15, 0.2) is 93.5 Å². The number of benzene rings is 4. The fourth-order valence-corrected chi connectivity index (χ4v) is 5.33. The number of rotatable bonds is 6. The Labute approximate surface area is 231 Å². The van der Waals surface area contributed by atoms with E-state index in [1.165, 1.54) is 18.4 Å². The van der Waals surface area contributed by atoms with Gasteiger partial charge in [0, 0.05) is 21.8 Å². The molecule has 0 aliphatic heterocycles. The molecular formula is C29H18Cl2N2O4S.